The smallest absolute Gasteiger partial charge is 0.271 e. The van der Waals surface area contributed by atoms with Crippen LogP contribution >= 0.6 is 0 Å². The van der Waals surface area contributed by atoms with Crippen LogP contribution in [0.15, 0.2) is 11.8 Å². The van der Waals surface area contributed by atoms with Crippen LogP contribution in [0.5, 0.6) is 0 Å². The van der Waals surface area contributed by atoms with Gasteiger partial charge in [-0.15, -0.1) is 0 Å². The molecule has 0 amide bonds. The molecule has 3 heteroatoms. The maximum absolute atomic E-state index is 11.7. The van der Waals surface area contributed by atoms with Crippen molar-refractivity contribution in [3.8, 4) is 0 Å². The third-order valence-electron chi connectivity index (χ3n) is 3.37. The minimum atomic E-state index is -1.56. The van der Waals surface area contributed by atoms with E-state index in [1.165, 1.54) is 18.9 Å². The molecule has 18 heavy (non-hydrogen) atoms. The van der Waals surface area contributed by atoms with Crippen LogP contribution in [-0.2, 0) is 9.53 Å². The van der Waals surface area contributed by atoms with E-state index >= 15 is 0 Å². The highest BCUT2D eigenvalue weighted by atomic mass is 16.6. The molecule has 0 saturated heterocycles. The van der Waals surface area contributed by atoms with E-state index in [0.717, 1.165) is 38.5 Å². The molecule has 1 heterocycles. The van der Waals surface area contributed by atoms with Crippen LogP contribution in [0.25, 0.3) is 0 Å². The van der Waals surface area contributed by atoms with Crippen molar-refractivity contribution in [1.29, 1.82) is 0 Å². The quantitative estimate of drug-likeness (QED) is 0.638. The normalized spacial score (nSPS) is 23.1. The highest BCUT2D eigenvalue weighted by Crippen LogP contribution is 2.30. The van der Waals surface area contributed by atoms with Crippen LogP contribution in [0, 0.1) is 0 Å². The van der Waals surface area contributed by atoms with Crippen molar-refractivity contribution in [2.45, 2.75) is 77.4 Å². The van der Waals surface area contributed by atoms with Gasteiger partial charge in [0, 0.05) is 18.9 Å². The Morgan fingerprint density at radius 2 is 1.78 bits per heavy atom. The van der Waals surface area contributed by atoms with Gasteiger partial charge in [-0.3, -0.25) is 4.79 Å². The maximum atomic E-state index is 11.7. The molecule has 0 aromatic rings. The second-order valence-electron chi connectivity index (χ2n) is 5.13. The van der Waals surface area contributed by atoms with Gasteiger partial charge in [-0.2, -0.15) is 0 Å². The lowest BCUT2D eigenvalue weighted by atomic mass is 10.0. The van der Waals surface area contributed by atoms with Gasteiger partial charge in [0.1, 0.15) is 5.76 Å². The van der Waals surface area contributed by atoms with Crippen LogP contribution in [0.1, 0.15) is 71.6 Å². The number of carbonyl (C=O) groups is 1. The molecule has 0 aromatic heterocycles. The summed E-state index contributed by atoms with van der Waals surface area (Å²) in [5.74, 6) is -1.17. The average molecular weight is 254 g/mol. The number of allylic oxidation sites excluding steroid dienone is 1. The number of ether oxygens (including phenoxy) is 1. The van der Waals surface area contributed by atoms with Gasteiger partial charge in [-0.25, -0.2) is 0 Å². The summed E-state index contributed by atoms with van der Waals surface area (Å²) in [5.41, 5.74) is 0. The Morgan fingerprint density at radius 3 is 2.44 bits per heavy atom. The van der Waals surface area contributed by atoms with Gasteiger partial charge in [0.05, 0.1) is 0 Å². The van der Waals surface area contributed by atoms with E-state index in [-0.39, 0.29) is 5.78 Å². The molecule has 0 aliphatic carbocycles. The maximum Gasteiger partial charge on any atom is 0.271 e. The van der Waals surface area contributed by atoms with Gasteiger partial charge in [-0.1, -0.05) is 46.0 Å². The lowest BCUT2D eigenvalue weighted by Gasteiger charge is -2.22. The van der Waals surface area contributed by atoms with Crippen molar-refractivity contribution in [2.24, 2.45) is 0 Å². The minimum Gasteiger partial charge on any atom is -0.459 e. The van der Waals surface area contributed by atoms with Gasteiger partial charge in [0.25, 0.3) is 5.79 Å². The molecule has 0 fully saturated rings. The topological polar surface area (TPSA) is 46.5 Å². The predicted octanol–water partition coefficient (Wildman–Crippen LogP) is 3.71. The van der Waals surface area contributed by atoms with Crippen molar-refractivity contribution in [3.63, 3.8) is 0 Å². The fourth-order valence-corrected chi connectivity index (χ4v) is 2.19. The van der Waals surface area contributed by atoms with Crippen LogP contribution in [0.4, 0.5) is 0 Å². The molecule has 0 bridgehead atoms. The first-order valence-corrected chi connectivity index (χ1v) is 7.28. The van der Waals surface area contributed by atoms with Crippen LogP contribution < -0.4 is 0 Å². The Labute approximate surface area is 110 Å². The molecule has 1 atom stereocenters. The Morgan fingerprint density at radius 1 is 1.11 bits per heavy atom. The lowest BCUT2D eigenvalue weighted by molar-refractivity contribution is -0.180. The first kappa shape index (κ1) is 15.2. The Hall–Kier alpha value is -0.830. The SMILES string of the molecule is CCCCCCC1=CC(=O)C(O)(CCCCC)O1. The molecule has 0 radical (unpaired) electrons. The molecule has 1 aliphatic heterocycles. The second kappa shape index (κ2) is 7.57. The Bertz CT molecular complexity index is 296. The molecule has 0 saturated carbocycles. The second-order valence-corrected chi connectivity index (χ2v) is 5.13. The molecule has 1 aliphatic rings. The van der Waals surface area contributed by atoms with Crippen molar-refractivity contribution in [1.82, 2.24) is 0 Å². The third-order valence-corrected chi connectivity index (χ3v) is 3.37. The Balaban J connectivity index is 2.33. The summed E-state index contributed by atoms with van der Waals surface area (Å²) in [6, 6.07) is 0. The summed E-state index contributed by atoms with van der Waals surface area (Å²) in [6.07, 6.45) is 10.2. The summed E-state index contributed by atoms with van der Waals surface area (Å²) >= 11 is 0. The number of carbonyl (C=O) groups excluding carboxylic acids is 1. The van der Waals surface area contributed by atoms with Crippen LogP contribution in [0.3, 0.4) is 0 Å². The number of aliphatic hydroxyl groups is 1. The van der Waals surface area contributed by atoms with Crippen molar-refractivity contribution >= 4 is 5.78 Å². The first-order valence-electron chi connectivity index (χ1n) is 7.28. The number of hydrogen-bond acceptors (Lipinski definition) is 3. The van der Waals surface area contributed by atoms with Crippen molar-refractivity contribution < 1.29 is 14.6 Å². The largest absolute Gasteiger partial charge is 0.459 e. The summed E-state index contributed by atoms with van der Waals surface area (Å²) < 4.78 is 5.46. The van der Waals surface area contributed by atoms with Gasteiger partial charge < -0.3 is 9.84 Å². The number of unbranched alkanes of at least 4 members (excludes halogenated alkanes) is 5. The fraction of sp³-hybridized carbons (Fsp3) is 0.800. The summed E-state index contributed by atoms with van der Waals surface area (Å²) in [7, 11) is 0. The van der Waals surface area contributed by atoms with Crippen LogP contribution in [0.2, 0.25) is 0 Å². The first-order chi connectivity index (χ1) is 8.62. The minimum absolute atomic E-state index is 0.274. The highest BCUT2D eigenvalue weighted by Gasteiger charge is 2.41. The zero-order valence-corrected chi connectivity index (χ0v) is 11.7. The molecule has 3 nitrogen and oxygen atoms in total. The standard InChI is InChI=1S/C15H26O3/c1-3-5-7-8-10-13-12-14(16)15(17,18-13)11-9-6-4-2/h12,17H,3-11H2,1-2H3. The molecule has 1 rings (SSSR count). The number of hydrogen-bond donors (Lipinski definition) is 1. The molecule has 0 aromatic carbocycles. The Kier molecular flexibility index (Phi) is 6.41. The zero-order chi connectivity index (χ0) is 13.4. The predicted molar refractivity (Wildman–Crippen MR) is 72.0 cm³/mol. The van der Waals surface area contributed by atoms with E-state index in [0.29, 0.717) is 12.2 Å². The average Bonchev–Trinajstić information content (AvgIpc) is 2.61. The third kappa shape index (κ3) is 4.45. The fourth-order valence-electron chi connectivity index (χ4n) is 2.19. The van der Waals surface area contributed by atoms with E-state index < -0.39 is 5.79 Å². The highest BCUT2D eigenvalue weighted by molar-refractivity contribution is 5.97. The van der Waals surface area contributed by atoms with Gasteiger partial charge in [0.2, 0.25) is 5.78 Å². The number of ketones is 1. The van der Waals surface area contributed by atoms with Crippen molar-refractivity contribution in [3.05, 3.63) is 11.8 Å². The van der Waals surface area contributed by atoms with Gasteiger partial charge >= 0.3 is 0 Å². The van der Waals surface area contributed by atoms with Crippen molar-refractivity contribution in [2.75, 3.05) is 0 Å². The lowest BCUT2D eigenvalue weighted by Crippen LogP contribution is -2.36. The molecule has 1 N–H and O–H groups in total. The molecule has 1 unspecified atom stereocenters. The van der Waals surface area contributed by atoms with Gasteiger partial charge in [0.15, 0.2) is 0 Å². The summed E-state index contributed by atoms with van der Waals surface area (Å²) in [6.45, 7) is 4.26. The zero-order valence-electron chi connectivity index (χ0n) is 11.7. The monoisotopic (exact) mass is 254 g/mol. The van der Waals surface area contributed by atoms with E-state index in [2.05, 4.69) is 13.8 Å². The van der Waals surface area contributed by atoms with E-state index in [4.69, 9.17) is 4.74 Å². The molecular weight excluding hydrogens is 228 g/mol. The molecule has 0 spiro atoms. The van der Waals surface area contributed by atoms with Gasteiger partial charge in [-0.05, 0) is 12.8 Å². The molecular formula is C15H26O3. The summed E-state index contributed by atoms with van der Waals surface area (Å²) in [5, 5.41) is 10.1. The van der Waals surface area contributed by atoms with Crippen LogP contribution in [-0.4, -0.2) is 16.7 Å². The van der Waals surface area contributed by atoms with E-state index in [1.54, 1.807) is 0 Å². The summed E-state index contributed by atoms with van der Waals surface area (Å²) in [4.78, 5) is 11.7. The number of rotatable bonds is 9. The van der Waals surface area contributed by atoms with E-state index in [9.17, 15) is 9.90 Å². The van der Waals surface area contributed by atoms with E-state index in [1.807, 2.05) is 0 Å². The molecule has 104 valence electrons.